The zero-order chi connectivity index (χ0) is 15.9. The molecule has 0 aromatic rings. The lowest BCUT2D eigenvalue weighted by atomic mass is 9.90. The smallest absolute Gasteiger partial charge is 0.407 e. The molecule has 3 unspecified atom stereocenters. The molecule has 124 valence electrons. The fourth-order valence-corrected chi connectivity index (χ4v) is 2.73. The van der Waals surface area contributed by atoms with E-state index in [1.807, 2.05) is 20.8 Å². The van der Waals surface area contributed by atoms with Gasteiger partial charge in [-0.25, -0.2) is 4.79 Å². The maximum atomic E-state index is 11.8. The van der Waals surface area contributed by atoms with E-state index in [1.165, 1.54) is 6.42 Å². The Morgan fingerprint density at radius 2 is 1.95 bits per heavy atom. The molecule has 0 aromatic carbocycles. The van der Waals surface area contributed by atoms with Crippen molar-refractivity contribution in [3.8, 4) is 0 Å². The van der Waals surface area contributed by atoms with E-state index in [4.69, 9.17) is 9.47 Å². The summed E-state index contributed by atoms with van der Waals surface area (Å²) in [4.78, 5) is 11.8. The third-order valence-electron chi connectivity index (χ3n) is 3.67. The van der Waals surface area contributed by atoms with Gasteiger partial charge in [0.1, 0.15) is 5.60 Å². The van der Waals surface area contributed by atoms with Gasteiger partial charge in [-0.3, -0.25) is 0 Å². The van der Waals surface area contributed by atoms with E-state index in [9.17, 15) is 4.79 Å². The van der Waals surface area contributed by atoms with Gasteiger partial charge in [0, 0.05) is 31.8 Å². The summed E-state index contributed by atoms with van der Waals surface area (Å²) in [6.45, 7) is 8.62. The minimum Gasteiger partial charge on any atom is -0.444 e. The van der Waals surface area contributed by atoms with Gasteiger partial charge in [0.2, 0.25) is 0 Å². The van der Waals surface area contributed by atoms with Crippen molar-refractivity contribution >= 4 is 6.09 Å². The Labute approximate surface area is 129 Å². The van der Waals surface area contributed by atoms with Gasteiger partial charge >= 0.3 is 6.09 Å². The second kappa shape index (κ2) is 8.59. The lowest BCUT2D eigenvalue weighted by molar-refractivity contribution is 0.0488. The number of ether oxygens (including phenoxy) is 2. The summed E-state index contributed by atoms with van der Waals surface area (Å²) >= 11 is 0. The zero-order valence-electron chi connectivity index (χ0n) is 14.2. The van der Waals surface area contributed by atoms with Gasteiger partial charge < -0.3 is 20.1 Å². The van der Waals surface area contributed by atoms with Crippen molar-refractivity contribution in [1.82, 2.24) is 10.6 Å². The standard InChI is InChI=1S/C16H32N2O3/c1-12(9-10-20-5)17-13-7-6-8-14(11-13)18-15(19)21-16(2,3)4/h12-14,17H,6-11H2,1-5H3,(H,18,19). The maximum Gasteiger partial charge on any atom is 0.407 e. The summed E-state index contributed by atoms with van der Waals surface area (Å²) in [6.07, 6.45) is 5.01. The van der Waals surface area contributed by atoms with Crippen LogP contribution >= 0.6 is 0 Å². The number of amides is 1. The lowest BCUT2D eigenvalue weighted by Crippen LogP contribution is -2.47. The first-order chi connectivity index (χ1) is 9.80. The number of nitrogens with one attached hydrogen (secondary N) is 2. The summed E-state index contributed by atoms with van der Waals surface area (Å²) in [7, 11) is 1.73. The second-order valence-corrected chi connectivity index (χ2v) is 7.06. The van der Waals surface area contributed by atoms with Gasteiger partial charge in [0.25, 0.3) is 0 Å². The molecule has 0 spiro atoms. The van der Waals surface area contributed by atoms with Crippen LogP contribution in [0.5, 0.6) is 0 Å². The minimum absolute atomic E-state index is 0.209. The summed E-state index contributed by atoms with van der Waals surface area (Å²) < 4.78 is 10.4. The Balaban J connectivity index is 2.33. The zero-order valence-corrected chi connectivity index (χ0v) is 14.2. The number of hydrogen-bond donors (Lipinski definition) is 2. The molecule has 2 N–H and O–H groups in total. The van der Waals surface area contributed by atoms with E-state index in [1.54, 1.807) is 7.11 Å². The molecule has 1 fully saturated rings. The van der Waals surface area contributed by atoms with E-state index >= 15 is 0 Å². The van der Waals surface area contributed by atoms with Gasteiger partial charge in [-0.15, -0.1) is 0 Å². The van der Waals surface area contributed by atoms with Crippen LogP contribution in [0, 0.1) is 0 Å². The first kappa shape index (κ1) is 18.2. The first-order valence-electron chi connectivity index (χ1n) is 8.04. The van der Waals surface area contributed by atoms with Crippen LogP contribution < -0.4 is 10.6 Å². The van der Waals surface area contributed by atoms with E-state index in [-0.39, 0.29) is 12.1 Å². The number of methoxy groups -OCH3 is 1. The van der Waals surface area contributed by atoms with E-state index < -0.39 is 5.60 Å². The van der Waals surface area contributed by atoms with Crippen LogP contribution in [0.3, 0.4) is 0 Å². The number of carbonyl (C=O) groups is 1. The van der Waals surface area contributed by atoms with Crippen LogP contribution in [-0.2, 0) is 9.47 Å². The van der Waals surface area contributed by atoms with Gasteiger partial charge in [-0.2, -0.15) is 0 Å². The van der Waals surface area contributed by atoms with Crippen LogP contribution in [0.25, 0.3) is 0 Å². The molecule has 0 heterocycles. The normalized spacial score (nSPS) is 24.4. The molecule has 1 amide bonds. The fraction of sp³-hybridized carbons (Fsp3) is 0.938. The summed E-state index contributed by atoms with van der Waals surface area (Å²) in [5, 5.41) is 6.63. The molecule has 1 aliphatic carbocycles. The third kappa shape index (κ3) is 8.27. The predicted molar refractivity (Wildman–Crippen MR) is 84.5 cm³/mol. The number of carbonyl (C=O) groups excluding carboxylic acids is 1. The van der Waals surface area contributed by atoms with E-state index in [0.29, 0.717) is 12.1 Å². The Morgan fingerprint density at radius 1 is 1.29 bits per heavy atom. The highest BCUT2D eigenvalue weighted by Gasteiger charge is 2.26. The van der Waals surface area contributed by atoms with Crippen molar-refractivity contribution in [1.29, 1.82) is 0 Å². The van der Waals surface area contributed by atoms with Gasteiger partial charge in [0.05, 0.1) is 0 Å². The number of hydrogen-bond acceptors (Lipinski definition) is 4. The Kier molecular flexibility index (Phi) is 7.46. The molecular weight excluding hydrogens is 268 g/mol. The maximum absolute atomic E-state index is 11.8. The molecule has 0 bridgehead atoms. The minimum atomic E-state index is -0.439. The molecule has 0 aliphatic heterocycles. The lowest BCUT2D eigenvalue weighted by Gasteiger charge is -2.32. The van der Waals surface area contributed by atoms with E-state index in [0.717, 1.165) is 32.3 Å². The second-order valence-electron chi connectivity index (χ2n) is 7.06. The highest BCUT2D eigenvalue weighted by Crippen LogP contribution is 2.20. The molecule has 0 radical (unpaired) electrons. The first-order valence-corrected chi connectivity index (χ1v) is 8.04. The average molecular weight is 300 g/mol. The van der Waals surface area contributed by atoms with Crippen molar-refractivity contribution in [2.45, 2.75) is 83.5 Å². The number of alkyl carbamates (subject to hydrolysis) is 1. The molecule has 1 aliphatic rings. The molecule has 0 aromatic heterocycles. The molecule has 5 nitrogen and oxygen atoms in total. The Hall–Kier alpha value is -0.810. The van der Waals surface area contributed by atoms with Crippen molar-refractivity contribution < 1.29 is 14.3 Å². The molecule has 0 saturated heterocycles. The van der Waals surface area contributed by atoms with Crippen LogP contribution in [0.1, 0.15) is 59.8 Å². The molecule has 5 heteroatoms. The van der Waals surface area contributed by atoms with Crippen LogP contribution in [0.4, 0.5) is 4.79 Å². The van der Waals surface area contributed by atoms with Gasteiger partial charge in [-0.05, 0) is 59.8 Å². The quantitative estimate of drug-likeness (QED) is 0.792. The highest BCUT2D eigenvalue weighted by molar-refractivity contribution is 5.68. The monoisotopic (exact) mass is 300 g/mol. The van der Waals surface area contributed by atoms with Crippen molar-refractivity contribution in [2.24, 2.45) is 0 Å². The van der Waals surface area contributed by atoms with Gasteiger partial charge in [-0.1, -0.05) is 0 Å². The average Bonchev–Trinajstić information content (AvgIpc) is 2.34. The fourth-order valence-electron chi connectivity index (χ4n) is 2.73. The molecule has 3 atom stereocenters. The SMILES string of the molecule is COCCC(C)NC1CCCC(NC(=O)OC(C)(C)C)C1. The number of rotatable bonds is 6. The topological polar surface area (TPSA) is 59.6 Å². The molecule has 1 saturated carbocycles. The third-order valence-corrected chi connectivity index (χ3v) is 3.67. The van der Waals surface area contributed by atoms with Gasteiger partial charge in [0.15, 0.2) is 0 Å². The summed E-state index contributed by atoms with van der Waals surface area (Å²) in [6, 6.07) is 1.11. The molecule has 21 heavy (non-hydrogen) atoms. The van der Waals surface area contributed by atoms with E-state index in [2.05, 4.69) is 17.6 Å². The molecule has 1 rings (SSSR count). The Morgan fingerprint density at radius 3 is 2.57 bits per heavy atom. The van der Waals surface area contributed by atoms with Crippen molar-refractivity contribution in [2.75, 3.05) is 13.7 Å². The highest BCUT2D eigenvalue weighted by atomic mass is 16.6. The van der Waals surface area contributed by atoms with Crippen LogP contribution in [0.2, 0.25) is 0 Å². The summed E-state index contributed by atoms with van der Waals surface area (Å²) in [5.74, 6) is 0. The molecular formula is C16H32N2O3. The summed E-state index contributed by atoms with van der Waals surface area (Å²) in [5.41, 5.74) is -0.439. The van der Waals surface area contributed by atoms with Crippen molar-refractivity contribution in [3.05, 3.63) is 0 Å². The predicted octanol–water partition coefficient (Wildman–Crippen LogP) is 2.84. The van der Waals surface area contributed by atoms with Crippen molar-refractivity contribution in [3.63, 3.8) is 0 Å². The largest absolute Gasteiger partial charge is 0.444 e. The van der Waals surface area contributed by atoms with Crippen LogP contribution in [-0.4, -0.2) is 43.5 Å². The Bertz CT molecular complexity index is 315. The van der Waals surface area contributed by atoms with Crippen LogP contribution in [0.15, 0.2) is 0 Å².